The van der Waals surface area contributed by atoms with Crippen molar-refractivity contribution >= 4 is 0 Å². The highest BCUT2D eigenvalue weighted by Crippen LogP contribution is 2.42. The number of benzene rings is 1. The van der Waals surface area contributed by atoms with Crippen molar-refractivity contribution in [1.29, 1.82) is 0 Å². The number of hydrogen-bond acceptors (Lipinski definition) is 0. The fraction of sp³-hybridized carbons (Fsp3) is 0.600. The van der Waals surface area contributed by atoms with E-state index in [1.807, 2.05) is 0 Å². The summed E-state index contributed by atoms with van der Waals surface area (Å²) < 4.78 is 1.30. The molecule has 1 saturated heterocycles. The van der Waals surface area contributed by atoms with Crippen molar-refractivity contribution in [3.63, 3.8) is 0 Å². The minimum absolute atomic E-state index is 0. The molecule has 1 aromatic carbocycles. The summed E-state index contributed by atoms with van der Waals surface area (Å²) in [7, 11) is 2.46. The van der Waals surface area contributed by atoms with Gasteiger partial charge in [-0.15, -0.1) is 0 Å². The second-order valence-electron chi connectivity index (χ2n) is 6.14. The maximum absolute atomic E-state index is 2.46. The van der Waals surface area contributed by atoms with Gasteiger partial charge in [-0.3, -0.25) is 0 Å². The lowest BCUT2D eigenvalue weighted by Gasteiger charge is -2.38. The van der Waals surface area contributed by atoms with Crippen LogP contribution in [0.15, 0.2) is 24.3 Å². The van der Waals surface area contributed by atoms with Gasteiger partial charge in [-0.25, -0.2) is 0 Å². The van der Waals surface area contributed by atoms with Crippen LogP contribution in [0, 0.1) is 12.8 Å². The van der Waals surface area contributed by atoms with Gasteiger partial charge in [0.05, 0.1) is 19.6 Å². The summed E-state index contributed by atoms with van der Waals surface area (Å²) in [4.78, 5) is 0. The van der Waals surface area contributed by atoms with E-state index in [0.717, 1.165) is 12.0 Å². The summed E-state index contributed by atoms with van der Waals surface area (Å²) in [6.45, 7) is 4.82. The van der Waals surface area contributed by atoms with E-state index in [0.29, 0.717) is 0 Å². The highest BCUT2D eigenvalue weighted by atomic mass is 127. The molecule has 3 atom stereocenters. The Morgan fingerprint density at radius 3 is 2.41 bits per heavy atom. The molecule has 1 saturated carbocycles. The van der Waals surface area contributed by atoms with Crippen LogP contribution < -0.4 is 24.0 Å². The molecule has 94 valence electrons. The minimum Gasteiger partial charge on any atom is -1.00 e. The highest BCUT2D eigenvalue weighted by molar-refractivity contribution is 5.20. The van der Waals surface area contributed by atoms with E-state index >= 15 is 0 Å². The van der Waals surface area contributed by atoms with Crippen molar-refractivity contribution in [2.45, 2.75) is 38.8 Å². The first-order chi connectivity index (χ1) is 7.66. The number of fused-ring (bicyclic) bond motifs is 2. The fourth-order valence-corrected chi connectivity index (χ4v) is 3.82. The molecule has 2 heteroatoms. The topological polar surface area (TPSA) is 0 Å². The Bertz CT molecular complexity index is 386. The van der Waals surface area contributed by atoms with E-state index in [1.165, 1.54) is 48.0 Å². The summed E-state index contributed by atoms with van der Waals surface area (Å²) in [5, 5.41) is 0. The smallest absolute Gasteiger partial charge is 0.104 e. The van der Waals surface area contributed by atoms with Crippen molar-refractivity contribution in [2.75, 3.05) is 13.6 Å². The SMILES string of the molecule is Cc1ccc(C[N+]2(C)CC3CC[C@H]2C3)cc1.[I-]. The van der Waals surface area contributed by atoms with Gasteiger partial charge in [-0.1, -0.05) is 29.8 Å². The summed E-state index contributed by atoms with van der Waals surface area (Å²) in [5.41, 5.74) is 2.88. The Kier molecular flexibility index (Phi) is 3.83. The molecule has 0 radical (unpaired) electrons. The second-order valence-corrected chi connectivity index (χ2v) is 6.14. The molecular formula is C15H22IN. The van der Waals surface area contributed by atoms with Crippen molar-refractivity contribution < 1.29 is 28.5 Å². The molecule has 0 spiro atoms. The van der Waals surface area contributed by atoms with Gasteiger partial charge in [0.2, 0.25) is 0 Å². The molecule has 0 amide bonds. The summed E-state index contributed by atoms with van der Waals surface area (Å²) in [6, 6.07) is 10.1. The normalized spacial score (nSPS) is 34.7. The quantitative estimate of drug-likeness (QED) is 0.529. The number of aryl methyl sites for hydroxylation is 1. The van der Waals surface area contributed by atoms with Crippen molar-refractivity contribution in [3.8, 4) is 0 Å². The molecule has 2 fully saturated rings. The number of rotatable bonds is 2. The molecule has 1 heterocycles. The zero-order valence-electron chi connectivity index (χ0n) is 10.8. The largest absolute Gasteiger partial charge is 1.00 e. The molecule has 1 aliphatic carbocycles. The number of quaternary nitrogens is 1. The van der Waals surface area contributed by atoms with Crippen LogP contribution in [-0.4, -0.2) is 24.1 Å². The molecule has 1 nitrogen and oxygen atoms in total. The van der Waals surface area contributed by atoms with Crippen LogP contribution in [0.1, 0.15) is 30.4 Å². The average molecular weight is 343 g/mol. The van der Waals surface area contributed by atoms with E-state index in [-0.39, 0.29) is 24.0 Å². The number of nitrogens with zero attached hydrogens (tertiary/aromatic N) is 1. The lowest BCUT2D eigenvalue weighted by Crippen LogP contribution is -3.00. The van der Waals surface area contributed by atoms with Gasteiger partial charge < -0.3 is 28.5 Å². The first kappa shape index (κ1) is 13.3. The van der Waals surface area contributed by atoms with Gasteiger partial charge in [-0.05, 0) is 19.8 Å². The van der Waals surface area contributed by atoms with E-state index in [1.54, 1.807) is 0 Å². The fourth-order valence-electron chi connectivity index (χ4n) is 3.82. The highest BCUT2D eigenvalue weighted by Gasteiger charge is 2.48. The Morgan fingerprint density at radius 1 is 1.18 bits per heavy atom. The summed E-state index contributed by atoms with van der Waals surface area (Å²) in [6.07, 6.45) is 4.45. The van der Waals surface area contributed by atoms with Crippen molar-refractivity contribution in [3.05, 3.63) is 35.4 Å². The van der Waals surface area contributed by atoms with Crippen LogP contribution in [0.2, 0.25) is 0 Å². The first-order valence-electron chi connectivity index (χ1n) is 6.55. The van der Waals surface area contributed by atoms with Crippen LogP contribution in [-0.2, 0) is 6.54 Å². The first-order valence-corrected chi connectivity index (χ1v) is 6.55. The Balaban J connectivity index is 0.00000108. The Morgan fingerprint density at radius 2 is 1.88 bits per heavy atom. The molecule has 2 unspecified atom stereocenters. The third-order valence-electron chi connectivity index (χ3n) is 4.73. The summed E-state index contributed by atoms with van der Waals surface area (Å²) in [5.74, 6) is 1.03. The van der Waals surface area contributed by atoms with E-state index in [9.17, 15) is 0 Å². The number of likely N-dealkylation sites (tertiary alicyclic amines) is 1. The average Bonchev–Trinajstić information content (AvgIpc) is 2.81. The summed E-state index contributed by atoms with van der Waals surface area (Å²) >= 11 is 0. The maximum Gasteiger partial charge on any atom is 0.104 e. The van der Waals surface area contributed by atoms with Gasteiger partial charge in [0.1, 0.15) is 6.54 Å². The number of halogens is 1. The van der Waals surface area contributed by atoms with E-state index in [4.69, 9.17) is 0 Å². The molecule has 0 N–H and O–H groups in total. The number of hydrogen-bond donors (Lipinski definition) is 0. The molecule has 0 aromatic heterocycles. The van der Waals surface area contributed by atoms with E-state index < -0.39 is 0 Å². The predicted molar refractivity (Wildman–Crippen MR) is 67.1 cm³/mol. The van der Waals surface area contributed by atoms with Gasteiger partial charge >= 0.3 is 0 Å². The van der Waals surface area contributed by atoms with Crippen LogP contribution in [0.3, 0.4) is 0 Å². The molecule has 1 aliphatic heterocycles. The van der Waals surface area contributed by atoms with Gasteiger partial charge in [0.15, 0.2) is 0 Å². The van der Waals surface area contributed by atoms with Crippen LogP contribution in [0.4, 0.5) is 0 Å². The van der Waals surface area contributed by atoms with Gasteiger partial charge in [0, 0.05) is 17.9 Å². The van der Waals surface area contributed by atoms with Gasteiger partial charge in [0.25, 0.3) is 0 Å². The van der Waals surface area contributed by atoms with Crippen molar-refractivity contribution in [1.82, 2.24) is 0 Å². The van der Waals surface area contributed by atoms with Crippen molar-refractivity contribution in [2.24, 2.45) is 5.92 Å². The monoisotopic (exact) mass is 343 g/mol. The zero-order chi connectivity index (χ0) is 11.2. The Hall–Kier alpha value is -0.0900. The molecule has 1 aromatic rings. The van der Waals surface area contributed by atoms with Crippen LogP contribution >= 0.6 is 0 Å². The third-order valence-corrected chi connectivity index (χ3v) is 4.73. The molecular weight excluding hydrogens is 321 g/mol. The lowest BCUT2D eigenvalue weighted by atomic mass is 10.1. The second kappa shape index (κ2) is 4.88. The third kappa shape index (κ3) is 2.53. The minimum atomic E-state index is 0. The Labute approximate surface area is 122 Å². The molecule has 2 bridgehead atoms. The standard InChI is InChI=1S/C15H22N.HI/c1-12-3-5-13(6-4-12)10-16(2)11-14-7-8-15(16)9-14;/h3-6,14-15H,7-11H2,1-2H3;1H/q+1;/p-1/t14?,15-,16?;/m0./s1. The van der Waals surface area contributed by atoms with Gasteiger partial charge in [-0.2, -0.15) is 0 Å². The maximum atomic E-state index is 2.46. The lowest BCUT2D eigenvalue weighted by molar-refractivity contribution is -0.938. The molecule has 17 heavy (non-hydrogen) atoms. The zero-order valence-corrected chi connectivity index (χ0v) is 13.0. The number of piperidine rings is 1. The molecule has 3 rings (SSSR count). The van der Waals surface area contributed by atoms with Crippen LogP contribution in [0.25, 0.3) is 0 Å². The van der Waals surface area contributed by atoms with Crippen LogP contribution in [0.5, 0.6) is 0 Å². The molecule has 2 aliphatic rings. The van der Waals surface area contributed by atoms with E-state index in [2.05, 4.69) is 38.2 Å². The predicted octanol–water partition coefficient (Wildman–Crippen LogP) is 0.128.